The van der Waals surface area contributed by atoms with Gasteiger partial charge in [-0.3, -0.25) is 0 Å². The van der Waals surface area contributed by atoms with Gasteiger partial charge in [0, 0.05) is 49.7 Å². The van der Waals surface area contributed by atoms with Crippen molar-refractivity contribution in [2.45, 2.75) is 5.41 Å². The average molecular weight is 894 g/mol. The minimum atomic E-state index is -0.628. The Bertz CT molecular complexity index is 3930. The second-order valence-electron chi connectivity index (χ2n) is 18.3. The van der Waals surface area contributed by atoms with E-state index in [-0.39, 0.29) is 0 Å². The van der Waals surface area contributed by atoms with Crippen molar-refractivity contribution in [3.05, 3.63) is 283 Å². The first-order valence-electron chi connectivity index (χ1n) is 24.0. The van der Waals surface area contributed by atoms with Gasteiger partial charge in [0.25, 0.3) is 0 Å². The summed E-state index contributed by atoms with van der Waals surface area (Å²) in [6, 6.07) is 94.4. The van der Waals surface area contributed by atoms with E-state index in [2.05, 4.69) is 254 Å². The van der Waals surface area contributed by atoms with Gasteiger partial charge in [-0.15, -0.1) is 0 Å². The van der Waals surface area contributed by atoms with E-state index in [9.17, 15) is 0 Å². The van der Waals surface area contributed by atoms with Crippen LogP contribution in [0, 0.1) is 0 Å². The number of rotatable bonds is 8. The molecule has 3 nitrogen and oxygen atoms in total. The van der Waals surface area contributed by atoms with E-state index in [4.69, 9.17) is 8.83 Å². The molecule has 328 valence electrons. The Kier molecular flexibility index (Phi) is 9.11. The molecule has 13 aromatic rings. The summed E-state index contributed by atoms with van der Waals surface area (Å²) in [4.78, 5) is 2.42. The lowest BCUT2D eigenvalue weighted by Gasteiger charge is -2.35. The van der Waals surface area contributed by atoms with Gasteiger partial charge in [-0.05, 0) is 104 Å². The maximum Gasteiger partial charge on any atom is 0.143 e. The van der Waals surface area contributed by atoms with Gasteiger partial charge in [-0.25, -0.2) is 0 Å². The molecule has 3 heteroatoms. The van der Waals surface area contributed by atoms with Crippen molar-refractivity contribution in [3.63, 3.8) is 0 Å². The van der Waals surface area contributed by atoms with Gasteiger partial charge >= 0.3 is 0 Å². The lowest BCUT2D eigenvalue weighted by atomic mass is 9.67. The molecule has 0 radical (unpaired) electrons. The smallest absolute Gasteiger partial charge is 0.143 e. The second-order valence-corrected chi connectivity index (χ2v) is 18.3. The second kappa shape index (κ2) is 16.0. The third-order valence-corrected chi connectivity index (χ3v) is 14.5. The summed E-state index contributed by atoms with van der Waals surface area (Å²) in [6.07, 6.45) is 0. The van der Waals surface area contributed by atoms with Gasteiger partial charge in [0.05, 0.1) is 5.41 Å². The third kappa shape index (κ3) is 6.08. The Balaban J connectivity index is 1.03. The zero-order valence-corrected chi connectivity index (χ0v) is 38.1. The number of para-hydroxylation sites is 4. The number of fused-ring (bicyclic) bond motifs is 9. The molecule has 0 spiro atoms. The molecule has 2 heterocycles. The van der Waals surface area contributed by atoms with E-state index >= 15 is 0 Å². The van der Waals surface area contributed by atoms with Crippen molar-refractivity contribution in [2.75, 3.05) is 4.90 Å². The molecule has 0 unspecified atom stereocenters. The standard InChI is InChI=1S/C67H43NO2/c1-4-19-44(20-5-1)52-31-18-36-60-64(52)59-40-39-51(43-61(59)67(60,47-23-6-2-7-24-47)48-25-8-3-9-26-48)68(49-27-14-21-45(41-49)53-32-16-34-57-55-29-10-12-37-62(55)69-65(53)57)50-28-15-22-46(42-50)54-33-17-35-58-56-30-11-13-38-63(56)70-66(54)58/h1-43H. The summed E-state index contributed by atoms with van der Waals surface area (Å²) in [5.74, 6) is 0. The molecule has 0 atom stereocenters. The van der Waals surface area contributed by atoms with E-state index in [0.29, 0.717) is 0 Å². The Morgan fingerprint density at radius 1 is 0.286 bits per heavy atom. The molecule has 0 saturated heterocycles. The number of furan rings is 2. The molecule has 1 aliphatic carbocycles. The molecule has 0 saturated carbocycles. The van der Waals surface area contributed by atoms with Crippen LogP contribution < -0.4 is 4.90 Å². The predicted molar refractivity (Wildman–Crippen MR) is 289 cm³/mol. The lowest BCUT2D eigenvalue weighted by Crippen LogP contribution is -2.28. The van der Waals surface area contributed by atoms with E-state index in [1.165, 1.54) is 44.5 Å². The van der Waals surface area contributed by atoms with Crippen LogP contribution in [0.5, 0.6) is 0 Å². The van der Waals surface area contributed by atoms with E-state index in [0.717, 1.165) is 83.2 Å². The first-order chi connectivity index (χ1) is 34.7. The van der Waals surface area contributed by atoms with Gasteiger partial charge in [0.1, 0.15) is 22.3 Å². The van der Waals surface area contributed by atoms with Crippen LogP contribution in [0.15, 0.2) is 270 Å². The first kappa shape index (κ1) is 39.9. The van der Waals surface area contributed by atoms with Crippen molar-refractivity contribution >= 4 is 60.9 Å². The number of nitrogens with zero attached hydrogens (tertiary/aromatic N) is 1. The van der Waals surface area contributed by atoms with Crippen LogP contribution in [-0.2, 0) is 5.41 Å². The zero-order chi connectivity index (χ0) is 46.2. The molecule has 0 fully saturated rings. The summed E-state index contributed by atoms with van der Waals surface area (Å²) in [6.45, 7) is 0. The van der Waals surface area contributed by atoms with Crippen molar-refractivity contribution in [2.24, 2.45) is 0 Å². The van der Waals surface area contributed by atoms with Crippen molar-refractivity contribution in [1.29, 1.82) is 0 Å². The monoisotopic (exact) mass is 893 g/mol. The summed E-state index contributed by atoms with van der Waals surface area (Å²) in [5, 5.41) is 4.44. The molecule has 0 aliphatic heterocycles. The molecule has 11 aromatic carbocycles. The highest BCUT2D eigenvalue weighted by atomic mass is 16.3. The van der Waals surface area contributed by atoms with Gasteiger partial charge in [0.15, 0.2) is 0 Å². The number of hydrogen-bond acceptors (Lipinski definition) is 3. The van der Waals surface area contributed by atoms with E-state index in [1.807, 2.05) is 12.1 Å². The number of hydrogen-bond donors (Lipinski definition) is 0. The fourth-order valence-corrected chi connectivity index (χ4v) is 11.5. The lowest BCUT2D eigenvalue weighted by molar-refractivity contribution is 0.669. The summed E-state index contributed by atoms with van der Waals surface area (Å²) in [7, 11) is 0. The van der Waals surface area contributed by atoms with Crippen LogP contribution >= 0.6 is 0 Å². The van der Waals surface area contributed by atoms with Gasteiger partial charge in [-0.2, -0.15) is 0 Å². The Morgan fingerprint density at radius 3 is 1.30 bits per heavy atom. The van der Waals surface area contributed by atoms with Crippen LogP contribution in [0.2, 0.25) is 0 Å². The first-order valence-corrected chi connectivity index (χ1v) is 24.0. The topological polar surface area (TPSA) is 29.5 Å². The van der Waals surface area contributed by atoms with Gasteiger partial charge in [-0.1, -0.05) is 212 Å². The molecular formula is C67H43NO2. The molecule has 0 amide bonds. The van der Waals surface area contributed by atoms with Crippen molar-refractivity contribution in [1.82, 2.24) is 0 Å². The third-order valence-electron chi connectivity index (χ3n) is 14.5. The Labute approximate surface area is 405 Å². The summed E-state index contributed by atoms with van der Waals surface area (Å²) >= 11 is 0. The van der Waals surface area contributed by atoms with Gasteiger partial charge < -0.3 is 13.7 Å². The Morgan fingerprint density at radius 2 is 0.729 bits per heavy atom. The van der Waals surface area contributed by atoms with Crippen LogP contribution in [0.1, 0.15) is 22.3 Å². The van der Waals surface area contributed by atoms with Crippen molar-refractivity contribution in [3.8, 4) is 44.5 Å². The highest BCUT2D eigenvalue weighted by Gasteiger charge is 2.47. The molecule has 0 bridgehead atoms. The summed E-state index contributed by atoms with van der Waals surface area (Å²) in [5.41, 5.74) is 20.1. The normalized spacial score (nSPS) is 12.7. The Hall–Kier alpha value is -9.18. The van der Waals surface area contributed by atoms with Crippen molar-refractivity contribution < 1.29 is 8.83 Å². The fraction of sp³-hybridized carbons (Fsp3) is 0.0149. The minimum absolute atomic E-state index is 0.628. The van der Waals surface area contributed by atoms with Crippen LogP contribution in [-0.4, -0.2) is 0 Å². The largest absolute Gasteiger partial charge is 0.455 e. The predicted octanol–water partition coefficient (Wildman–Crippen LogP) is 18.3. The maximum absolute atomic E-state index is 6.64. The van der Waals surface area contributed by atoms with Gasteiger partial charge in [0.2, 0.25) is 0 Å². The molecule has 14 rings (SSSR count). The maximum atomic E-state index is 6.64. The molecule has 0 N–H and O–H groups in total. The SMILES string of the molecule is c1ccc(-c2cccc3c2-c2ccc(N(c4cccc(-c5cccc6c5oc5ccccc56)c4)c4cccc(-c5cccc6c5oc5ccccc56)c4)cc2C3(c2ccccc2)c2ccccc2)cc1. The highest BCUT2D eigenvalue weighted by Crippen LogP contribution is 2.59. The summed E-state index contributed by atoms with van der Waals surface area (Å²) < 4.78 is 13.3. The number of benzene rings is 11. The van der Waals surface area contributed by atoms with Crippen LogP contribution in [0.4, 0.5) is 17.1 Å². The fourth-order valence-electron chi connectivity index (χ4n) is 11.5. The number of anilines is 3. The average Bonchev–Trinajstić information content (AvgIpc) is 4.11. The highest BCUT2D eigenvalue weighted by molar-refractivity contribution is 6.11. The molecule has 70 heavy (non-hydrogen) atoms. The van der Waals surface area contributed by atoms with Crippen LogP contribution in [0.25, 0.3) is 88.4 Å². The van der Waals surface area contributed by atoms with Crippen LogP contribution in [0.3, 0.4) is 0 Å². The molecule has 2 aromatic heterocycles. The molecular weight excluding hydrogens is 851 g/mol. The zero-order valence-electron chi connectivity index (χ0n) is 38.1. The molecule has 1 aliphatic rings. The minimum Gasteiger partial charge on any atom is -0.455 e. The van der Waals surface area contributed by atoms with E-state index in [1.54, 1.807) is 0 Å². The quantitative estimate of drug-likeness (QED) is 0.152. The van der Waals surface area contributed by atoms with E-state index < -0.39 is 5.41 Å².